The number of hydrogen-bond acceptors (Lipinski definition) is 4. The molecule has 3 aliphatic rings. The minimum atomic E-state index is -0.339. The number of ether oxygens (including phenoxy) is 1. The largest absolute Gasteiger partial charge is 0.378 e. The van der Waals surface area contributed by atoms with E-state index in [1.165, 1.54) is 19.3 Å². The van der Waals surface area contributed by atoms with Crippen LogP contribution in [0.25, 0.3) is 0 Å². The standard InChI is InChI=1S/C15H25N3O3.ClH/c19-14(17-6-8-21-9-7-17)10-13-15(20)18(5-4-16-13)11-12-2-1-3-12;/h12-13,16H,1-11H2;1H. The van der Waals surface area contributed by atoms with Gasteiger partial charge in [0.2, 0.25) is 11.8 Å². The zero-order valence-corrected chi connectivity index (χ0v) is 13.8. The van der Waals surface area contributed by atoms with Crippen molar-refractivity contribution in [1.29, 1.82) is 0 Å². The normalized spacial score (nSPS) is 26.4. The molecule has 1 aliphatic carbocycles. The fourth-order valence-electron chi connectivity index (χ4n) is 3.24. The molecule has 1 saturated carbocycles. The molecule has 0 bridgehead atoms. The highest BCUT2D eigenvalue weighted by Gasteiger charge is 2.33. The summed E-state index contributed by atoms with van der Waals surface area (Å²) in [4.78, 5) is 28.5. The molecule has 7 heteroatoms. The van der Waals surface area contributed by atoms with Gasteiger partial charge in [-0.05, 0) is 18.8 Å². The average molecular weight is 332 g/mol. The van der Waals surface area contributed by atoms with Gasteiger partial charge in [0.05, 0.1) is 25.7 Å². The molecule has 2 saturated heterocycles. The van der Waals surface area contributed by atoms with E-state index < -0.39 is 0 Å². The molecule has 3 rings (SSSR count). The zero-order valence-electron chi connectivity index (χ0n) is 13.0. The Labute approximate surface area is 137 Å². The first kappa shape index (κ1) is 17.5. The molecule has 1 unspecified atom stereocenters. The van der Waals surface area contributed by atoms with Crippen molar-refractivity contribution in [2.24, 2.45) is 5.92 Å². The second-order valence-corrected chi connectivity index (χ2v) is 6.29. The third-order valence-electron chi connectivity index (χ3n) is 4.83. The maximum absolute atomic E-state index is 12.5. The van der Waals surface area contributed by atoms with Gasteiger partial charge in [-0.3, -0.25) is 9.59 Å². The van der Waals surface area contributed by atoms with Gasteiger partial charge < -0.3 is 19.9 Å². The number of carbonyl (C=O) groups is 2. The van der Waals surface area contributed by atoms with Crippen molar-refractivity contribution in [2.75, 3.05) is 45.9 Å². The van der Waals surface area contributed by atoms with Gasteiger partial charge in [0.25, 0.3) is 0 Å². The molecule has 22 heavy (non-hydrogen) atoms. The molecule has 0 radical (unpaired) electrons. The first-order valence-corrected chi connectivity index (χ1v) is 8.12. The second kappa shape index (κ2) is 8.13. The first-order valence-electron chi connectivity index (χ1n) is 8.12. The summed E-state index contributed by atoms with van der Waals surface area (Å²) >= 11 is 0. The Kier molecular flexibility index (Phi) is 6.47. The molecular weight excluding hydrogens is 306 g/mol. The molecule has 0 aromatic heterocycles. The number of amides is 2. The van der Waals surface area contributed by atoms with Crippen LogP contribution in [0.5, 0.6) is 0 Å². The molecule has 1 N–H and O–H groups in total. The van der Waals surface area contributed by atoms with E-state index in [4.69, 9.17) is 4.74 Å². The van der Waals surface area contributed by atoms with E-state index in [0.29, 0.717) is 32.2 Å². The fraction of sp³-hybridized carbons (Fsp3) is 0.867. The van der Waals surface area contributed by atoms with E-state index in [0.717, 1.165) is 19.6 Å². The van der Waals surface area contributed by atoms with E-state index in [1.807, 2.05) is 9.80 Å². The predicted octanol–water partition coefficient (Wildman–Crippen LogP) is 0.258. The van der Waals surface area contributed by atoms with Crippen molar-refractivity contribution in [2.45, 2.75) is 31.7 Å². The molecule has 3 fully saturated rings. The first-order chi connectivity index (χ1) is 10.2. The molecule has 0 spiro atoms. The van der Waals surface area contributed by atoms with Gasteiger partial charge >= 0.3 is 0 Å². The topological polar surface area (TPSA) is 61.9 Å². The number of carbonyl (C=O) groups excluding carboxylic acids is 2. The van der Waals surface area contributed by atoms with Gasteiger partial charge in [0.1, 0.15) is 0 Å². The van der Waals surface area contributed by atoms with E-state index in [1.54, 1.807) is 0 Å². The van der Waals surface area contributed by atoms with Crippen LogP contribution in [0, 0.1) is 5.92 Å². The van der Waals surface area contributed by atoms with Crippen LogP contribution in [-0.2, 0) is 14.3 Å². The SMILES string of the molecule is Cl.O=C(CC1NCCN(CC2CCC2)C1=O)N1CCOCC1. The summed E-state index contributed by atoms with van der Waals surface area (Å²) in [5, 5.41) is 3.21. The Balaban J connectivity index is 0.00000176. The van der Waals surface area contributed by atoms with Crippen LogP contribution in [0.1, 0.15) is 25.7 Å². The lowest BCUT2D eigenvalue weighted by Crippen LogP contribution is -2.57. The second-order valence-electron chi connectivity index (χ2n) is 6.29. The highest BCUT2D eigenvalue weighted by molar-refractivity contribution is 5.89. The van der Waals surface area contributed by atoms with Crippen LogP contribution in [0.2, 0.25) is 0 Å². The summed E-state index contributed by atoms with van der Waals surface area (Å²) < 4.78 is 5.26. The Hall–Kier alpha value is -0.850. The van der Waals surface area contributed by atoms with Crippen LogP contribution in [0.15, 0.2) is 0 Å². The summed E-state index contributed by atoms with van der Waals surface area (Å²) in [6.07, 6.45) is 4.06. The van der Waals surface area contributed by atoms with Crippen LogP contribution < -0.4 is 5.32 Å². The Morgan fingerprint density at radius 3 is 2.59 bits per heavy atom. The van der Waals surface area contributed by atoms with Crippen molar-refractivity contribution in [3.63, 3.8) is 0 Å². The smallest absolute Gasteiger partial charge is 0.240 e. The average Bonchev–Trinajstić information content (AvgIpc) is 2.47. The summed E-state index contributed by atoms with van der Waals surface area (Å²) in [5.74, 6) is 0.854. The number of halogens is 1. The molecular formula is C15H26ClN3O3. The van der Waals surface area contributed by atoms with Crippen LogP contribution in [0.4, 0.5) is 0 Å². The quantitative estimate of drug-likeness (QED) is 0.802. The lowest BCUT2D eigenvalue weighted by molar-refractivity contribution is -0.143. The zero-order chi connectivity index (χ0) is 14.7. The maximum atomic E-state index is 12.5. The fourth-order valence-corrected chi connectivity index (χ4v) is 3.24. The molecule has 2 aliphatic heterocycles. The van der Waals surface area contributed by atoms with E-state index in [2.05, 4.69) is 5.32 Å². The minimum Gasteiger partial charge on any atom is -0.378 e. The number of morpholine rings is 1. The summed E-state index contributed by atoms with van der Waals surface area (Å²) in [6, 6.07) is -0.339. The third-order valence-corrected chi connectivity index (χ3v) is 4.83. The van der Waals surface area contributed by atoms with Crippen molar-refractivity contribution in [3.8, 4) is 0 Å². The van der Waals surface area contributed by atoms with Gasteiger partial charge in [-0.15, -0.1) is 12.4 Å². The van der Waals surface area contributed by atoms with Crippen molar-refractivity contribution in [3.05, 3.63) is 0 Å². The molecule has 126 valence electrons. The minimum absolute atomic E-state index is 0. The van der Waals surface area contributed by atoms with E-state index in [9.17, 15) is 9.59 Å². The number of nitrogens with one attached hydrogen (secondary N) is 1. The number of piperazine rings is 1. The van der Waals surface area contributed by atoms with Crippen molar-refractivity contribution in [1.82, 2.24) is 15.1 Å². The summed E-state index contributed by atoms with van der Waals surface area (Å²) in [7, 11) is 0. The van der Waals surface area contributed by atoms with Crippen molar-refractivity contribution < 1.29 is 14.3 Å². The summed E-state index contributed by atoms with van der Waals surface area (Å²) in [5.41, 5.74) is 0. The Morgan fingerprint density at radius 1 is 1.23 bits per heavy atom. The third kappa shape index (κ3) is 4.12. The lowest BCUT2D eigenvalue weighted by Gasteiger charge is -2.38. The molecule has 0 aromatic carbocycles. The van der Waals surface area contributed by atoms with Gasteiger partial charge in [-0.1, -0.05) is 6.42 Å². The number of hydrogen-bond donors (Lipinski definition) is 1. The Bertz CT molecular complexity index is 397. The van der Waals surface area contributed by atoms with Gasteiger partial charge in [-0.25, -0.2) is 0 Å². The lowest BCUT2D eigenvalue weighted by atomic mass is 9.85. The highest BCUT2D eigenvalue weighted by atomic mass is 35.5. The van der Waals surface area contributed by atoms with E-state index in [-0.39, 0.29) is 36.7 Å². The Morgan fingerprint density at radius 2 is 1.95 bits per heavy atom. The van der Waals surface area contributed by atoms with Gasteiger partial charge in [-0.2, -0.15) is 0 Å². The molecule has 6 nitrogen and oxygen atoms in total. The highest BCUT2D eigenvalue weighted by Crippen LogP contribution is 2.27. The molecule has 1 atom stereocenters. The van der Waals surface area contributed by atoms with Gasteiger partial charge in [0.15, 0.2) is 0 Å². The van der Waals surface area contributed by atoms with Crippen LogP contribution >= 0.6 is 12.4 Å². The number of nitrogens with zero attached hydrogens (tertiary/aromatic N) is 2. The number of rotatable bonds is 4. The predicted molar refractivity (Wildman–Crippen MR) is 85.0 cm³/mol. The monoisotopic (exact) mass is 331 g/mol. The maximum Gasteiger partial charge on any atom is 0.240 e. The summed E-state index contributed by atoms with van der Waals surface area (Å²) in [6.45, 7) is 4.94. The van der Waals surface area contributed by atoms with Crippen LogP contribution in [-0.4, -0.2) is 73.6 Å². The van der Waals surface area contributed by atoms with Gasteiger partial charge in [0, 0.05) is 32.7 Å². The molecule has 2 heterocycles. The van der Waals surface area contributed by atoms with E-state index >= 15 is 0 Å². The van der Waals surface area contributed by atoms with Crippen LogP contribution in [0.3, 0.4) is 0 Å². The van der Waals surface area contributed by atoms with Crippen molar-refractivity contribution >= 4 is 24.2 Å². The molecule has 0 aromatic rings. The molecule has 2 amide bonds.